The van der Waals surface area contributed by atoms with Crippen molar-refractivity contribution in [3.8, 4) is 0 Å². The fraction of sp³-hybridized carbons (Fsp3) is 0.758. The number of ether oxygens (including phenoxy) is 8. The van der Waals surface area contributed by atoms with Gasteiger partial charge in [0.15, 0.2) is 6.29 Å². The summed E-state index contributed by atoms with van der Waals surface area (Å²) in [6, 6.07) is 0. The standard InChI is InChI=1S/C33H46O20/c1-4-12-13-6-20(50-29(43)15(13)8-46-30(12)52-53-33-27(41)24(38)22(36)18(7-34)48-33)45-10-19-23(37)25(39)26(40)32(49-19)51-31-21-11(2)17(35)5-14(21)16(9-47-31)28(42)44-3/h4,8-9,11-14,17-27,30-41H,1,5-7,10H2,2-3H3/t11-,12+,13-,14+,17-,18+,19+,20+,21+,22+,23+,24-,25-,26+,27+,30-,31-,32-,33-/m0/s1. The molecule has 0 aromatic heterocycles. The van der Waals surface area contributed by atoms with Crippen LogP contribution >= 0.6 is 0 Å². The second-order valence-electron chi connectivity index (χ2n) is 13.9. The summed E-state index contributed by atoms with van der Waals surface area (Å²) in [5, 5.41) is 82.6. The number of aliphatic hydroxyl groups is 8. The first-order chi connectivity index (χ1) is 25.3. The molecule has 3 saturated heterocycles. The molecule has 0 bridgehead atoms. The molecular weight excluding hydrogens is 716 g/mol. The zero-order valence-electron chi connectivity index (χ0n) is 28.7. The second-order valence-corrected chi connectivity index (χ2v) is 13.9. The highest BCUT2D eigenvalue weighted by molar-refractivity contribution is 5.90. The van der Waals surface area contributed by atoms with Gasteiger partial charge in [-0.1, -0.05) is 13.0 Å². The van der Waals surface area contributed by atoms with Gasteiger partial charge in [0.1, 0.15) is 48.8 Å². The number of hydrogen-bond acceptors (Lipinski definition) is 20. The minimum atomic E-state index is -1.76. The molecule has 0 aromatic rings. The van der Waals surface area contributed by atoms with Crippen molar-refractivity contribution in [2.75, 3.05) is 20.3 Å². The van der Waals surface area contributed by atoms with E-state index in [0.717, 1.165) is 6.26 Å². The van der Waals surface area contributed by atoms with Crippen LogP contribution < -0.4 is 0 Å². The predicted molar refractivity (Wildman–Crippen MR) is 166 cm³/mol. The molecule has 0 amide bonds. The summed E-state index contributed by atoms with van der Waals surface area (Å²) < 4.78 is 44.4. The van der Waals surface area contributed by atoms with E-state index in [0.29, 0.717) is 0 Å². The maximum atomic E-state index is 13.0. The topological polar surface area (TPSA) is 288 Å². The van der Waals surface area contributed by atoms with Crippen LogP contribution in [0.2, 0.25) is 0 Å². The highest BCUT2D eigenvalue weighted by Crippen LogP contribution is 2.48. The quantitative estimate of drug-likeness (QED) is 0.0440. The Morgan fingerprint density at radius 3 is 2.17 bits per heavy atom. The summed E-state index contributed by atoms with van der Waals surface area (Å²) >= 11 is 0. The van der Waals surface area contributed by atoms with Gasteiger partial charge in [-0.15, -0.1) is 6.58 Å². The van der Waals surface area contributed by atoms with Crippen LogP contribution in [0, 0.1) is 29.6 Å². The molecule has 1 aliphatic carbocycles. The molecule has 6 aliphatic rings. The second kappa shape index (κ2) is 16.5. The largest absolute Gasteiger partial charge is 0.472 e. The molecule has 5 heterocycles. The number of hydrogen-bond donors (Lipinski definition) is 8. The van der Waals surface area contributed by atoms with Crippen molar-refractivity contribution in [3.63, 3.8) is 0 Å². The first-order valence-corrected chi connectivity index (χ1v) is 17.2. The summed E-state index contributed by atoms with van der Waals surface area (Å²) in [6.45, 7) is 4.40. The summed E-state index contributed by atoms with van der Waals surface area (Å²) in [5.74, 6) is -4.34. The van der Waals surface area contributed by atoms with Crippen LogP contribution in [0.1, 0.15) is 19.8 Å². The lowest BCUT2D eigenvalue weighted by molar-refractivity contribution is -0.467. The molecule has 0 aromatic carbocycles. The van der Waals surface area contributed by atoms with E-state index in [1.165, 1.54) is 19.4 Å². The molecule has 1 saturated carbocycles. The Hall–Kier alpha value is -2.80. The lowest BCUT2D eigenvalue weighted by Gasteiger charge is -2.44. The minimum absolute atomic E-state index is 0.0134. The molecule has 20 heteroatoms. The number of rotatable bonds is 11. The number of fused-ring (bicyclic) bond motifs is 2. The van der Waals surface area contributed by atoms with E-state index in [9.17, 15) is 50.4 Å². The van der Waals surface area contributed by atoms with Crippen LogP contribution in [0.15, 0.2) is 36.3 Å². The van der Waals surface area contributed by atoms with Crippen molar-refractivity contribution in [1.82, 2.24) is 0 Å². The zero-order chi connectivity index (χ0) is 38.3. The first kappa shape index (κ1) is 39.9. The average molecular weight is 763 g/mol. The van der Waals surface area contributed by atoms with Gasteiger partial charge in [-0.25, -0.2) is 9.59 Å². The Kier molecular flexibility index (Phi) is 12.4. The number of carbonyl (C=O) groups excluding carboxylic acids is 2. The van der Waals surface area contributed by atoms with Crippen molar-refractivity contribution in [2.24, 2.45) is 29.6 Å². The number of carbonyl (C=O) groups is 2. The molecule has 8 N–H and O–H groups in total. The van der Waals surface area contributed by atoms with Crippen molar-refractivity contribution < 1.29 is 98.1 Å². The normalized spacial score (nSPS) is 46.8. The maximum Gasteiger partial charge on any atom is 0.339 e. The van der Waals surface area contributed by atoms with Gasteiger partial charge in [-0.05, 0) is 12.3 Å². The number of aliphatic hydroxyl groups excluding tert-OH is 8. The van der Waals surface area contributed by atoms with Gasteiger partial charge in [0.25, 0.3) is 0 Å². The van der Waals surface area contributed by atoms with Gasteiger partial charge in [-0.2, -0.15) is 9.78 Å². The van der Waals surface area contributed by atoms with Gasteiger partial charge >= 0.3 is 11.9 Å². The molecule has 5 aliphatic heterocycles. The Labute approximate surface area is 302 Å². The van der Waals surface area contributed by atoms with Crippen molar-refractivity contribution in [3.05, 3.63) is 36.3 Å². The molecular formula is C33H46O20. The van der Waals surface area contributed by atoms with E-state index in [4.69, 9.17) is 47.7 Å². The predicted octanol–water partition coefficient (Wildman–Crippen LogP) is -3.45. The summed E-state index contributed by atoms with van der Waals surface area (Å²) in [6.07, 6.45) is -16.5. The number of methoxy groups -OCH3 is 1. The molecule has 0 unspecified atom stereocenters. The maximum absolute atomic E-state index is 13.0. The minimum Gasteiger partial charge on any atom is -0.472 e. The molecule has 53 heavy (non-hydrogen) atoms. The SMILES string of the molecule is C=C[C@H]1[C@H](OO[C@@H]2O[C@H](CO)[C@@H](O)[C@H](O)[C@H]2O)OC=C2C(=O)O[C@@H](OC[C@H]3O[C@@H](O[C@@H]4OC=C(C(=O)OC)[C@H]5C[C@H](O)[C@H](C)[C@@H]45)[C@H](O)[C@@H](O)[C@@H]3O)C[C@H]21. The number of cyclic esters (lactones) is 1. The van der Waals surface area contributed by atoms with E-state index in [1.54, 1.807) is 6.92 Å². The van der Waals surface area contributed by atoms with Gasteiger partial charge in [0.2, 0.25) is 25.2 Å². The van der Waals surface area contributed by atoms with Gasteiger partial charge in [0, 0.05) is 30.1 Å². The van der Waals surface area contributed by atoms with Crippen LogP contribution in [0.25, 0.3) is 0 Å². The summed E-state index contributed by atoms with van der Waals surface area (Å²) in [7, 11) is 1.22. The van der Waals surface area contributed by atoms with Crippen LogP contribution in [-0.4, -0.2) is 160 Å². The highest BCUT2D eigenvalue weighted by Gasteiger charge is 2.54. The molecule has 0 spiro atoms. The molecule has 298 valence electrons. The summed E-state index contributed by atoms with van der Waals surface area (Å²) in [5.41, 5.74) is 0.333. The van der Waals surface area contributed by atoms with Crippen LogP contribution in [-0.2, 0) is 57.3 Å². The molecule has 19 atom stereocenters. The fourth-order valence-electron chi connectivity index (χ4n) is 7.65. The van der Waals surface area contributed by atoms with Gasteiger partial charge in [-0.3, -0.25) is 0 Å². The molecule has 6 rings (SSSR count). The third kappa shape index (κ3) is 7.71. The van der Waals surface area contributed by atoms with E-state index in [1.807, 2.05) is 0 Å². The van der Waals surface area contributed by atoms with E-state index >= 15 is 0 Å². The first-order valence-electron chi connectivity index (χ1n) is 17.2. The third-order valence-corrected chi connectivity index (χ3v) is 10.8. The fourth-order valence-corrected chi connectivity index (χ4v) is 7.65. The average Bonchev–Trinajstić information content (AvgIpc) is 3.46. The molecule has 20 nitrogen and oxygen atoms in total. The highest BCUT2D eigenvalue weighted by atomic mass is 17.2. The Morgan fingerprint density at radius 1 is 0.849 bits per heavy atom. The lowest BCUT2D eigenvalue weighted by atomic mass is 9.80. The van der Waals surface area contributed by atoms with Gasteiger partial charge < -0.3 is 78.7 Å². The third-order valence-electron chi connectivity index (χ3n) is 10.8. The Morgan fingerprint density at radius 2 is 1.49 bits per heavy atom. The van der Waals surface area contributed by atoms with Crippen molar-refractivity contribution >= 4 is 11.9 Å². The van der Waals surface area contributed by atoms with E-state index in [-0.39, 0.29) is 24.0 Å². The van der Waals surface area contributed by atoms with Gasteiger partial charge in [0.05, 0.1) is 50.1 Å². The smallest absolute Gasteiger partial charge is 0.339 e. The molecule has 0 radical (unpaired) electrons. The lowest BCUT2D eigenvalue weighted by Crippen LogP contribution is -2.60. The van der Waals surface area contributed by atoms with E-state index < -0.39 is 141 Å². The Balaban J connectivity index is 1.08. The van der Waals surface area contributed by atoms with Crippen LogP contribution in [0.5, 0.6) is 0 Å². The zero-order valence-corrected chi connectivity index (χ0v) is 28.7. The molecule has 4 fully saturated rings. The number of esters is 2. The van der Waals surface area contributed by atoms with Crippen molar-refractivity contribution in [2.45, 2.75) is 106 Å². The monoisotopic (exact) mass is 762 g/mol. The van der Waals surface area contributed by atoms with Crippen LogP contribution in [0.3, 0.4) is 0 Å². The summed E-state index contributed by atoms with van der Waals surface area (Å²) in [4.78, 5) is 35.9. The van der Waals surface area contributed by atoms with Crippen molar-refractivity contribution in [1.29, 1.82) is 0 Å². The Bertz CT molecular complexity index is 1390. The van der Waals surface area contributed by atoms with E-state index in [2.05, 4.69) is 6.58 Å². The van der Waals surface area contributed by atoms with Crippen LogP contribution in [0.4, 0.5) is 0 Å².